The fourth-order valence-electron chi connectivity index (χ4n) is 3.89. The summed E-state index contributed by atoms with van der Waals surface area (Å²) in [6.07, 6.45) is 8.75. The molecule has 102 valence electrons. The lowest BCUT2D eigenvalue weighted by molar-refractivity contribution is -0.121. The zero-order chi connectivity index (χ0) is 13.5. The molecule has 2 aromatic rings. The lowest BCUT2D eigenvalue weighted by Gasteiger charge is -2.47. The Hall–Kier alpha value is -1.90. The molecule has 0 N–H and O–H groups in total. The Morgan fingerprint density at radius 3 is 2.70 bits per heavy atom. The summed E-state index contributed by atoms with van der Waals surface area (Å²) in [6, 6.07) is 9.27. The summed E-state index contributed by atoms with van der Waals surface area (Å²) in [5.41, 5.74) is 1.26. The van der Waals surface area contributed by atoms with Gasteiger partial charge in [-0.15, -0.1) is 0 Å². The molecule has 0 spiro atoms. The van der Waals surface area contributed by atoms with E-state index in [2.05, 4.69) is 34.1 Å². The number of pyridine rings is 1. The average Bonchev–Trinajstić information content (AvgIpc) is 2.46. The number of ketones is 1. The first-order valence-electron chi connectivity index (χ1n) is 7.46. The molecule has 2 atom stereocenters. The second-order valence-corrected chi connectivity index (χ2v) is 5.97. The van der Waals surface area contributed by atoms with Crippen LogP contribution in [0.3, 0.4) is 0 Å². The predicted molar refractivity (Wildman–Crippen MR) is 79.9 cm³/mol. The number of anilines is 1. The molecule has 4 rings (SSSR count). The van der Waals surface area contributed by atoms with Crippen LogP contribution in [0.2, 0.25) is 0 Å². The molecule has 0 radical (unpaired) electrons. The minimum Gasteiger partial charge on any atom is -0.364 e. The molecule has 2 saturated heterocycles. The molecule has 3 heterocycles. The van der Waals surface area contributed by atoms with E-state index >= 15 is 0 Å². The van der Waals surface area contributed by atoms with Gasteiger partial charge in [-0.2, -0.15) is 0 Å². The lowest BCUT2D eigenvalue weighted by atomic mass is 9.83. The standard InChI is InChI=1S/C17H18N2O/c20-15-9-13-4-2-5-14(10-15)19(13)17-6-1-3-12-7-8-18-11-16(12)17/h1,3,6-8,11,13-14H,2,4-5,9-10H2. The third-order valence-electron chi connectivity index (χ3n) is 4.73. The van der Waals surface area contributed by atoms with E-state index < -0.39 is 0 Å². The summed E-state index contributed by atoms with van der Waals surface area (Å²) in [5.74, 6) is 0.439. The van der Waals surface area contributed by atoms with E-state index in [0.717, 1.165) is 12.8 Å². The van der Waals surface area contributed by atoms with Gasteiger partial charge in [0.2, 0.25) is 0 Å². The topological polar surface area (TPSA) is 33.2 Å². The number of Topliss-reactive ketones (excluding diaryl/α,β-unsaturated/α-hetero) is 1. The van der Waals surface area contributed by atoms with Gasteiger partial charge in [-0.1, -0.05) is 12.1 Å². The summed E-state index contributed by atoms with van der Waals surface area (Å²) < 4.78 is 0. The number of rotatable bonds is 1. The van der Waals surface area contributed by atoms with Crippen LogP contribution in [0.1, 0.15) is 32.1 Å². The number of benzene rings is 1. The minimum atomic E-state index is 0.390. The fourth-order valence-corrected chi connectivity index (χ4v) is 3.89. The largest absolute Gasteiger partial charge is 0.364 e. The number of nitrogens with zero attached hydrogens (tertiary/aromatic N) is 2. The number of fused-ring (bicyclic) bond motifs is 3. The van der Waals surface area contributed by atoms with Crippen molar-refractivity contribution in [3.05, 3.63) is 36.7 Å². The van der Waals surface area contributed by atoms with Gasteiger partial charge in [0, 0.05) is 48.4 Å². The molecular weight excluding hydrogens is 248 g/mol. The van der Waals surface area contributed by atoms with Crippen molar-refractivity contribution in [1.82, 2.24) is 4.98 Å². The fraction of sp³-hybridized carbons (Fsp3) is 0.412. The molecule has 2 aliphatic heterocycles. The van der Waals surface area contributed by atoms with E-state index in [1.807, 2.05) is 12.4 Å². The molecule has 20 heavy (non-hydrogen) atoms. The zero-order valence-corrected chi connectivity index (χ0v) is 11.5. The second-order valence-electron chi connectivity index (χ2n) is 5.97. The number of aromatic nitrogens is 1. The summed E-state index contributed by atoms with van der Waals surface area (Å²) in [4.78, 5) is 18.7. The van der Waals surface area contributed by atoms with Crippen molar-refractivity contribution >= 4 is 22.2 Å². The van der Waals surface area contributed by atoms with Crippen molar-refractivity contribution in [2.45, 2.75) is 44.2 Å². The van der Waals surface area contributed by atoms with Gasteiger partial charge < -0.3 is 4.90 Å². The summed E-state index contributed by atoms with van der Waals surface area (Å²) in [7, 11) is 0. The smallest absolute Gasteiger partial charge is 0.137 e. The third kappa shape index (κ3) is 1.80. The van der Waals surface area contributed by atoms with Crippen molar-refractivity contribution in [3.8, 4) is 0 Å². The van der Waals surface area contributed by atoms with Crippen molar-refractivity contribution in [2.24, 2.45) is 0 Å². The van der Waals surface area contributed by atoms with E-state index in [1.165, 1.54) is 22.9 Å². The predicted octanol–water partition coefficient (Wildman–Crippen LogP) is 3.33. The molecule has 1 aromatic heterocycles. The monoisotopic (exact) mass is 266 g/mol. The van der Waals surface area contributed by atoms with Crippen LogP contribution in [0.5, 0.6) is 0 Å². The van der Waals surface area contributed by atoms with Gasteiger partial charge in [0.15, 0.2) is 0 Å². The Balaban J connectivity index is 1.84. The first-order valence-corrected chi connectivity index (χ1v) is 7.46. The summed E-state index contributed by atoms with van der Waals surface area (Å²) in [5, 5.41) is 2.44. The molecule has 1 aromatic carbocycles. The van der Waals surface area contributed by atoms with Gasteiger partial charge >= 0.3 is 0 Å². The van der Waals surface area contributed by atoms with Crippen molar-refractivity contribution < 1.29 is 4.79 Å². The van der Waals surface area contributed by atoms with Crippen molar-refractivity contribution in [2.75, 3.05) is 4.90 Å². The van der Waals surface area contributed by atoms with E-state index in [0.29, 0.717) is 30.7 Å². The van der Waals surface area contributed by atoms with E-state index in [4.69, 9.17) is 0 Å². The summed E-state index contributed by atoms with van der Waals surface area (Å²) in [6.45, 7) is 0. The van der Waals surface area contributed by atoms with Crippen LogP contribution in [0.4, 0.5) is 5.69 Å². The Morgan fingerprint density at radius 1 is 1.10 bits per heavy atom. The number of hydrogen-bond donors (Lipinski definition) is 0. The number of carbonyl (C=O) groups excluding carboxylic acids is 1. The van der Waals surface area contributed by atoms with Crippen LogP contribution in [0.25, 0.3) is 10.8 Å². The first-order chi connectivity index (χ1) is 9.83. The molecule has 2 fully saturated rings. The van der Waals surface area contributed by atoms with E-state index in [-0.39, 0.29) is 0 Å². The minimum absolute atomic E-state index is 0.390. The molecule has 3 nitrogen and oxygen atoms in total. The molecule has 0 saturated carbocycles. The quantitative estimate of drug-likeness (QED) is 0.794. The Kier molecular flexibility index (Phi) is 2.72. The number of carbonyl (C=O) groups is 1. The molecule has 2 unspecified atom stereocenters. The van der Waals surface area contributed by atoms with Crippen LogP contribution < -0.4 is 4.90 Å². The third-order valence-corrected chi connectivity index (χ3v) is 4.73. The second kappa shape index (κ2) is 4.58. The first kappa shape index (κ1) is 11.9. The molecule has 2 aliphatic rings. The van der Waals surface area contributed by atoms with Crippen molar-refractivity contribution in [3.63, 3.8) is 0 Å². The van der Waals surface area contributed by atoms with Gasteiger partial charge in [-0.05, 0) is 36.8 Å². The molecular formula is C17H18N2O. The van der Waals surface area contributed by atoms with Crippen molar-refractivity contribution in [1.29, 1.82) is 0 Å². The van der Waals surface area contributed by atoms with Crippen LogP contribution in [0.15, 0.2) is 36.7 Å². The molecule has 2 bridgehead atoms. The Morgan fingerprint density at radius 2 is 1.90 bits per heavy atom. The van der Waals surface area contributed by atoms with Gasteiger partial charge in [0.25, 0.3) is 0 Å². The van der Waals surface area contributed by atoms with Crippen LogP contribution in [-0.4, -0.2) is 22.9 Å². The maximum Gasteiger partial charge on any atom is 0.137 e. The maximum absolute atomic E-state index is 11.9. The summed E-state index contributed by atoms with van der Waals surface area (Å²) >= 11 is 0. The van der Waals surface area contributed by atoms with Gasteiger partial charge in [0.1, 0.15) is 5.78 Å². The number of piperidine rings is 2. The molecule has 0 amide bonds. The molecule has 3 heteroatoms. The van der Waals surface area contributed by atoms with Crippen LogP contribution in [0, 0.1) is 0 Å². The maximum atomic E-state index is 11.9. The lowest BCUT2D eigenvalue weighted by Crippen LogP contribution is -2.52. The van der Waals surface area contributed by atoms with Gasteiger partial charge in [-0.3, -0.25) is 9.78 Å². The SMILES string of the molecule is O=C1CC2CCCC(C1)N2c1cccc2ccncc12. The zero-order valence-electron chi connectivity index (χ0n) is 11.5. The van der Waals surface area contributed by atoms with Gasteiger partial charge in [0.05, 0.1) is 0 Å². The van der Waals surface area contributed by atoms with Crippen LogP contribution >= 0.6 is 0 Å². The highest BCUT2D eigenvalue weighted by Crippen LogP contribution is 2.39. The highest BCUT2D eigenvalue weighted by atomic mass is 16.1. The highest BCUT2D eigenvalue weighted by molar-refractivity contribution is 5.95. The van der Waals surface area contributed by atoms with Crippen LogP contribution in [-0.2, 0) is 4.79 Å². The van der Waals surface area contributed by atoms with E-state index in [9.17, 15) is 4.79 Å². The average molecular weight is 266 g/mol. The Bertz CT molecular complexity index is 646. The Labute approximate surface area is 118 Å². The van der Waals surface area contributed by atoms with E-state index in [1.54, 1.807) is 0 Å². The highest BCUT2D eigenvalue weighted by Gasteiger charge is 2.38. The molecule has 0 aliphatic carbocycles. The number of hydrogen-bond acceptors (Lipinski definition) is 3. The van der Waals surface area contributed by atoms with Gasteiger partial charge in [-0.25, -0.2) is 0 Å². The normalized spacial score (nSPS) is 26.0.